The number of benzene rings is 1. The molecule has 0 aliphatic heterocycles. The number of hydrogen-bond acceptors (Lipinski definition) is 1. The van der Waals surface area contributed by atoms with Crippen molar-refractivity contribution in [1.82, 2.24) is 0 Å². The first-order valence-electron chi connectivity index (χ1n) is 2.67. The zero-order chi connectivity index (χ0) is 9.46. The van der Waals surface area contributed by atoms with Gasteiger partial charge >= 0.3 is 0 Å². The minimum absolute atomic E-state index is 0.0126. The monoisotopic (exact) mass is 440 g/mol. The van der Waals surface area contributed by atoms with Gasteiger partial charge < -0.3 is 5.11 Å². The number of phenols is 1. The third-order valence-electron chi connectivity index (χ3n) is 1.19. The maximum atomic E-state index is 9.43. The maximum Gasteiger partial charge on any atom is 0.150 e. The first-order valence-corrected chi connectivity index (χ1v) is 6.22. The molecule has 0 saturated heterocycles. The van der Waals surface area contributed by atoms with E-state index in [1.165, 1.54) is 0 Å². The molecule has 0 aromatic heterocycles. The van der Waals surface area contributed by atoms with Crippen LogP contribution in [0, 0.1) is 0 Å². The summed E-state index contributed by atoms with van der Waals surface area (Å²) in [4.78, 5) is 0. The SMILES string of the molecule is Oc1c(Cl)c(Br)c(Br)c(Br)c1Br. The minimum atomic E-state index is 0.0126. The lowest BCUT2D eigenvalue weighted by molar-refractivity contribution is 0.471. The smallest absolute Gasteiger partial charge is 0.150 e. The second kappa shape index (κ2) is 4.17. The Hall–Kier alpha value is 1.23. The van der Waals surface area contributed by atoms with Crippen LogP contribution >= 0.6 is 75.3 Å². The molecule has 0 heterocycles. The Morgan fingerprint density at radius 1 is 0.833 bits per heavy atom. The van der Waals surface area contributed by atoms with Gasteiger partial charge in [0.1, 0.15) is 0 Å². The van der Waals surface area contributed by atoms with Gasteiger partial charge in [-0.2, -0.15) is 0 Å². The van der Waals surface area contributed by atoms with Crippen molar-refractivity contribution in [2.75, 3.05) is 0 Å². The lowest BCUT2D eigenvalue weighted by Gasteiger charge is -2.07. The molecule has 0 amide bonds. The van der Waals surface area contributed by atoms with Gasteiger partial charge in [-0.3, -0.25) is 0 Å². The lowest BCUT2D eigenvalue weighted by atomic mass is 10.3. The Balaban J connectivity index is 3.60. The summed E-state index contributed by atoms with van der Waals surface area (Å²) >= 11 is 18.8. The molecule has 1 rings (SSSR count). The van der Waals surface area contributed by atoms with Crippen molar-refractivity contribution in [3.8, 4) is 5.75 Å². The van der Waals surface area contributed by atoms with Crippen LogP contribution in [0.1, 0.15) is 0 Å². The second-order valence-corrected chi connectivity index (χ2v) is 5.47. The fourth-order valence-corrected chi connectivity index (χ4v) is 3.11. The predicted octanol–water partition coefficient (Wildman–Crippen LogP) is 5.10. The molecule has 1 nitrogen and oxygen atoms in total. The summed E-state index contributed by atoms with van der Waals surface area (Å²) in [5, 5.41) is 9.71. The third-order valence-corrected chi connectivity index (χ3v) is 6.53. The maximum absolute atomic E-state index is 9.43. The van der Waals surface area contributed by atoms with Crippen LogP contribution < -0.4 is 0 Å². The first kappa shape index (κ1) is 11.3. The molecule has 0 saturated carbocycles. The van der Waals surface area contributed by atoms with Crippen LogP contribution in [0.4, 0.5) is 0 Å². The van der Waals surface area contributed by atoms with E-state index in [4.69, 9.17) is 11.6 Å². The molecule has 0 fully saturated rings. The van der Waals surface area contributed by atoms with Gasteiger partial charge in [-0.05, 0) is 63.7 Å². The largest absolute Gasteiger partial charge is 0.505 e. The van der Waals surface area contributed by atoms with Gasteiger partial charge in [0.05, 0.1) is 18.4 Å². The average molecular weight is 444 g/mol. The number of phenolic OH excluding ortho intramolecular Hbond substituents is 1. The molecule has 0 radical (unpaired) electrons. The number of rotatable bonds is 0. The van der Waals surface area contributed by atoms with E-state index in [-0.39, 0.29) is 10.8 Å². The minimum Gasteiger partial charge on any atom is -0.505 e. The normalized spacial score (nSPS) is 10.4. The van der Waals surface area contributed by atoms with E-state index in [1.807, 2.05) is 0 Å². The third kappa shape index (κ3) is 1.85. The molecule has 0 bridgehead atoms. The van der Waals surface area contributed by atoms with Gasteiger partial charge in [-0.15, -0.1) is 0 Å². The van der Waals surface area contributed by atoms with Crippen LogP contribution in [0.5, 0.6) is 5.75 Å². The highest BCUT2D eigenvalue weighted by Gasteiger charge is 2.16. The summed E-state index contributed by atoms with van der Waals surface area (Å²) in [6.07, 6.45) is 0. The van der Waals surface area contributed by atoms with E-state index in [0.717, 1.165) is 8.95 Å². The first-order chi connectivity index (χ1) is 5.46. The highest BCUT2D eigenvalue weighted by atomic mass is 79.9. The van der Waals surface area contributed by atoms with Crippen molar-refractivity contribution in [2.45, 2.75) is 0 Å². The van der Waals surface area contributed by atoms with Crippen molar-refractivity contribution >= 4 is 75.3 Å². The molecule has 0 spiro atoms. The molecule has 6 heteroatoms. The highest BCUT2D eigenvalue weighted by Crippen LogP contribution is 2.47. The van der Waals surface area contributed by atoms with Gasteiger partial charge in [-0.1, -0.05) is 11.6 Å². The average Bonchev–Trinajstić information content (AvgIpc) is 2.08. The van der Waals surface area contributed by atoms with Crippen LogP contribution in [0.15, 0.2) is 17.9 Å². The Morgan fingerprint density at radius 3 is 1.75 bits per heavy atom. The lowest BCUT2D eigenvalue weighted by Crippen LogP contribution is -1.80. The summed E-state index contributed by atoms with van der Waals surface area (Å²) in [5.74, 6) is 0.0126. The molecule has 1 N–H and O–H groups in total. The van der Waals surface area contributed by atoms with Crippen molar-refractivity contribution in [3.05, 3.63) is 22.9 Å². The van der Waals surface area contributed by atoms with Crippen molar-refractivity contribution in [2.24, 2.45) is 0 Å². The molecule has 0 unspecified atom stereocenters. The Labute approximate surface area is 108 Å². The van der Waals surface area contributed by atoms with Crippen molar-refractivity contribution in [1.29, 1.82) is 0 Å². The van der Waals surface area contributed by atoms with Gasteiger partial charge in [0, 0.05) is 4.47 Å². The summed E-state index contributed by atoms with van der Waals surface area (Å²) in [6.45, 7) is 0. The quantitative estimate of drug-likeness (QED) is 0.437. The molecule has 1 aromatic rings. The fraction of sp³-hybridized carbons (Fsp3) is 0. The van der Waals surface area contributed by atoms with Crippen LogP contribution in [0.2, 0.25) is 5.02 Å². The van der Waals surface area contributed by atoms with Crippen LogP contribution in [0.3, 0.4) is 0 Å². The molecule has 1 aromatic carbocycles. The molecule has 0 aliphatic rings. The van der Waals surface area contributed by atoms with E-state index in [0.29, 0.717) is 8.95 Å². The number of halogens is 5. The Bertz CT molecular complexity index is 234. The molecule has 0 atom stereocenters. The summed E-state index contributed by atoms with van der Waals surface area (Å²) in [7, 11) is 0. The zero-order valence-electron chi connectivity index (χ0n) is 5.34. The molecular weight excluding hydrogens is 443 g/mol. The van der Waals surface area contributed by atoms with Crippen molar-refractivity contribution in [3.63, 3.8) is 0 Å². The van der Waals surface area contributed by atoms with Crippen LogP contribution in [-0.2, 0) is 0 Å². The summed E-state index contributed by atoms with van der Waals surface area (Å²) in [6, 6.07) is 0. The second-order valence-electron chi connectivity index (χ2n) is 1.92. The van der Waals surface area contributed by atoms with Gasteiger partial charge in [0.2, 0.25) is 0 Å². The van der Waals surface area contributed by atoms with E-state index < -0.39 is 0 Å². The highest BCUT2D eigenvalue weighted by molar-refractivity contribution is 9.15. The van der Waals surface area contributed by atoms with Crippen LogP contribution in [0.25, 0.3) is 0 Å². The molecular formula is C6HBr4ClO. The molecule has 0 aliphatic carbocycles. The predicted molar refractivity (Wildman–Crippen MR) is 63.9 cm³/mol. The van der Waals surface area contributed by atoms with E-state index in [1.54, 1.807) is 0 Å². The summed E-state index contributed by atoms with van der Waals surface area (Å²) < 4.78 is 2.63. The summed E-state index contributed by atoms with van der Waals surface area (Å²) in [5.41, 5.74) is 0. The molecule has 12 heavy (non-hydrogen) atoms. The van der Waals surface area contributed by atoms with E-state index in [9.17, 15) is 5.11 Å². The van der Waals surface area contributed by atoms with Gasteiger partial charge in [0.15, 0.2) is 5.75 Å². The van der Waals surface area contributed by atoms with Gasteiger partial charge in [0.25, 0.3) is 0 Å². The molecule has 66 valence electrons. The Kier molecular flexibility index (Phi) is 3.93. The zero-order valence-corrected chi connectivity index (χ0v) is 12.4. The van der Waals surface area contributed by atoms with E-state index >= 15 is 0 Å². The van der Waals surface area contributed by atoms with Gasteiger partial charge in [-0.25, -0.2) is 0 Å². The number of hydrogen-bond donors (Lipinski definition) is 1. The van der Waals surface area contributed by atoms with Crippen molar-refractivity contribution < 1.29 is 5.11 Å². The standard InChI is InChI=1S/C6HBr4ClO/c7-1-2(8)4(10)6(12)5(11)3(1)9/h12H. The van der Waals surface area contributed by atoms with Crippen LogP contribution in [-0.4, -0.2) is 5.11 Å². The fourth-order valence-electron chi connectivity index (χ4n) is 0.593. The Morgan fingerprint density at radius 2 is 1.25 bits per heavy atom. The van der Waals surface area contributed by atoms with E-state index in [2.05, 4.69) is 63.7 Å². The number of aromatic hydroxyl groups is 1. The topological polar surface area (TPSA) is 20.2 Å².